The van der Waals surface area contributed by atoms with Gasteiger partial charge in [0, 0.05) is 50.3 Å². The lowest BCUT2D eigenvalue weighted by molar-refractivity contribution is 0.589. The molecule has 0 aromatic heterocycles. The summed E-state index contributed by atoms with van der Waals surface area (Å²) in [5, 5.41) is 3.40. The Kier molecular flexibility index (Phi) is 3.57. The molecule has 112 valence electrons. The highest BCUT2D eigenvalue weighted by Gasteiger charge is 2.13. The number of hydrogen-bond acceptors (Lipinski definition) is 3. The van der Waals surface area contributed by atoms with Crippen molar-refractivity contribution in [1.82, 2.24) is 5.32 Å². The van der Waals surface area contributed by atoms with Crippen molar-refractivity contribution in [2.75, 3.05) is 36.0 Å². The Labute approximate surface area is 131 Å². The molecule has 0 unspecified atom stereocenters. The summed E-state index contributed by atoms with van der Waals surface area (Å²) in [6.07, 6.45) is 4.38. The van der Waals surface area contributed by atoms with Crippen molar-refractivity contribution in [3.05, 3.63) is 65.9 Å². The topological polar surface area (TPSA) is 18.5 Å². The van der Waals surface area contributed by atoms with Crippen LogP contribution in [0.4, 0.5) is 11.4 Å². The van der Waals surface area contributed by atoms with Gasteiger partial charge in [-0.3, -0.25) is 0 Å². The van der Waals surface area contributed by atoms with E-state index in [9.17, 15) is 0 Å². The second-order valence-electron chi connectivity index (χ2n) is 5.90. The summed E-state index contributed by atoms with van der Waals surface area (Å²) in [5.74, 6) is 0. The molecule has 0 bridgehead atoms. The molecule has 2 aromatic carbocycles. The highest BCUT2D eigenvalue weighted by atomic mass is 15.2. The number of nitrogens with one attached hydrogen (secondary N) is 1. The van der Waals surface area contributed by atoms with Gasteiger partial charge in [0.2, 0.25) is 0 Å². The summed E-state index contributed by atoms with van der Waals surface area (Å²) in [6.45, 7) is 5.28. The van der Waals surface area contributed by atoms with Crippen LogP contribution in [0.25, 0.3) is 6.08 Å². The van der Waals surface area contributed by atoms with E-state index in [-0.39, 0.29) is 0 Å². The van der Waals surface area contributed by atoms with Crippen LogP contribution in [0.1, 0.15) is 11.1 Å². The summed E-state index contributed by atoms with van der Waals surface area (Å²) in [7, 11) is 0. The zero-order valence-corrected chi connectivity index (χ0v) is 12.7. The number of hydrogen-bond donors (Lipinski definition) is 1. The monoisotopic (exact) mass is 291 g/mol. The zero-order valence-electron chi connectivity index (χ0n) is 12.7. The van der Waals surface area contributed by atoms with Gasteiger partial charge in [0.05, 0.1) is 0 Å². The Balaban J connectivity index is 1.52. The first-order valence-electron chi connectivity index (χ1n) is 7.99. The summed E-state index contributed by atoms with van der Waals surface area (Å²) in [6, 6.07) is 17.6. The number of rotatable bonds is 2. The first kappa shape index (κ1) is 13.4. The molecule has 3 nitrogen and oxygen atoms in total. The Morgan fingerprint density at radius 3 is 2.36 bits per heavy atom. The fraction of sp³-hybridized carbons (Fsp3) is 0.263. The standard InChI is InChI=1S/C19H21N3/c1-2-4-17-15-22(12-9-16(17)3-1)19-7-5-18(6-8-19)21-13-10-20-11-14-21/h1-9,12,20H,10-11,13-15H2. The molecule has 2 heterocycles. The maximum absolute atomic E-state index is 3.40. The molecule has 4 rings (SSSR count). The molecule has 1 saturated heterocycles. The average Bonchev–Trinajstić information content (AvgIpc) is 2.62. The molecule has 22 heavy (non-hydrogen) atoms. The number of piperazine rings is 1. The van der Waals surface area contributed by atoms with Gasteiger partial charge in [-0.05, 0) is 41.5 Å². The Morgan fingerprint density at radius 1 is 0.818 bits per heavy atom. The lowest BCUT2D eigenvalue weighted by Gasteiger charge is -2.30. The molecule has 2 aromatic rings. The minimum Gasteiger partial charge on any atom is -0.369 e. The Morgan fingerprint density at radius 2 is 1.55 bits per heavy atom. The fourth-order valence-electron chi connectivity index (χ4n) is 3.20. The van der Waals surface area contributed by atoms with Crippen LogP contribution in [-0.4, -0.2) is 26.2 Å². The minimum absolute atomic E-state index is 0.944. The summed E-state index contributed by atoms with van der Waals surface area (Å²) >= 11 is 0. The Hall–Kier alpha value is -2.26. The first-order chi connectivity index (χ1) is 10.9. The van der Waals surface area contributed by atoms with E-state index in [4.69, 9.17) is 0 Å². The van der Waals surface area contributed by atoms with Crippen molar-refractivity contribution >= 4 is 17.5 Å². The predicted octanol–water partition coefficient (Wildman–Crippen LogP) is 3.09. The molecule has 0 radical (unpaired) electrons. The normalized spacial score (nSPS) is 17.5. The van der Waals surface area contributed by atoms with Gasteiger partial charge in [-0.1, -0.05) is 24.3 Å². The lowest BCUT2D eigenvalue weighted by Crippen LogP contribution is -2.43. The minimum atomic E-state index is 0.944. The van der Waals surface area contributed by atoms with Crippen LogP contribution in [-0.2, 0) is 6.54 Å². The molecule has 0 saturated carbocycles. The second-order valence-corrected chi connectivity index (χ2v) is 5.90. The third-order valence-corrected chi connectivity index (χ3v) is 4.49. The van der Waals surface area contributed by atoms with Gasteiger partial charge in [-0.25, -0.2) is 0 Å². The molecule has 3 heteroatoms. The van der Waals surface area contributed by atoms with Crippen LogP contribution < -0.4 is 15.1 Å². The lowest BCUT2D eigenvalue weighted by atomic mass is 10.0. The van der Waals surface area contributed by atoms with Crippen LogP contribution in [0.15, 0.2) is 54.7 Å². The average molecular weight is 291 g/mol. The largest absolute Gasteiger partial charge is 0.369 e. The first-order valence-corrected chi connectivity index (χ1v) is 7.99. The zero-order chi connectivity index (χ0) is 14.8. The maximum atomic E-state index is 3.40. The van der Waals surface area contributed by atoms with Crippen molar-refractivity contribution in [2.24, 2.45) is 0 Å². The second kappa shape index (κ2) is 5.85. The molecular weight excluding hydrogens is 270 g/mol. The molecule has 2 aliphatic heterocycles. The van der Waals surface area contributed by atoms with Crippen LogP contribution in [0, 0.1) is 0 Å². The number of fused-ring (bicyclic) bond motifs is 1. The molecule has 2 aliphatic rings. The summed E-state index contributed by atoms with van der Waals surface area (Å²) in [4.78, 5) is 4.76. The van der Waals surface area contributed by atoms with Crippen LogP contribution >= 0.6 is 0 Å². The van der Waals surface area contributed by atoms with E-state index in [2.05, 4.69) is 75.9 Å². The van der Waals surface area contributed by atoms with E-state index in [1.165, 1.54) is 22.5 Å². The van der Waals surface area contributed by atoms with Crippen LogP contribution in [0.5, 0.6) is 0 Å². The van der Waals surface area contributed by atoms with Crippen molar-refractivity contribution in [2.45, 2.75) is 6.54 Å². The number of benzene rings is 2. The quantitative estimate of drug-likeness (QED) is 0.917. The highest BCUT2D eigenvalue weighted by molar-refractivity contribution is 5.65. The van der Waals surface area contributed by atoms with E-state index in [1.54, 1.807) is 0 Å². The van der Waals surface area contributed by atoms with Gasteiger partial charge in [-0.2, -0.15) is 0 Å². The van der Waals surface area contributed by atoms with Crippen molar-refractivity contribution < 1.29 is 0 Å². The van der Waals surface area contributed by atoms with E-state index in [0.717, 1.165) is 32.7 Å². The summed E-state index contributed by atoms with van der Waals surface area (Å²) in [5.41, 5.74) is 5.30. The molecule has 0 aliphatic carbocycles. The molecule has 0 spiro atoms. The van der Waals surface area contributed by atoms with E-state index < -0.39 is 0 Å². The molecule has 1 N–H and O–H groups in total. The van der Waals surface area contributed by atoms with Gasteiger partial charge in [0.1, 0.15) is 0 Å². The van der Waals surface area contributed by atoms with E-state index in [1.807, 2.05) is 0 Å². The Bertz CT molecular complexity index is 669. The fourth-order valence-corrected chi connectivity index (χ4v) is 3.20. The predicted molar refractivity (Wildman–Crippen MR) is 93.2 cm³/mol. The molecule has 1 fully saturated rings. The molecule has 0 amide bonds. The van der Waals surface area contributed by atoms with E-state index in [0.29, 0.717) is 0 Å². The highest BCUT2D eigenvalue weighted by Crippen LogP contribution is 2.27. The van der Waals surface area contributed by atoms with Crippen molar-refractivity contribution in [1.29, 1.82) is 0 Å². The van der Waals surface area contributed by atoms with Gasteiger partial charge in [-0.15, -0.1) is 0 Å². The third-order valence-electron chi connectivity index (χ3n) is 4.49. The molecule has 0 atom stereocenters. The van der Waals surface area contributed by atoms with E-state index >= 15 is 0 Å². The SMILES string of the molecule is C1=CN(c2ccc(N3CCNCC3)cc2)Cc2ccccc21. The number of nitrogens with zero attached hydrogens (tertiary/aromatic N) is 2. The van der Waals surface area contributed by atoms with Gasteiger partial charge >= 0.3 is 0 Å². The molecular formula is C19H21N3. The van der Waals surface area contributed by atoms with Gasteiger partial charge in [0.25, 0.3) is 0 Å². The van der Waals surface area contributed by atoms with Crippen molar-refractivity contribution in [3.8, 4) is 0 Å². The maximum Gasteiger partial charge on any atom is 0.0481 e. The summed E-state index contributed by atoms with van der Waals surface area (Å²) < 4.78 is 0. The van der Waals surface area contributed by atoms with Crippen LogP contribution in [0.3, 0.4) is 0 Å². The third kappa shape index (κ3) is 2.60. The smallest absolute Gasteiger partial charge is 0.0481 e. The van der Waals surface area contributed by atoms with Crippen LogP contribution in [0.2, 0.25) is 0 Å². The van der Waals surface area contributed by atoms with Gasteiger partial charge < -0.3 is 15.1 Å². The van der Waals surface area contributed by atoms with Gasteiger partial charge in [0.15, 0.2) is 0 Å². The number of anilines is 2. The van der Waals surface area contributed by atoms with Crippen molar-refractivity contribution in [3.63, 3.8) is 0 Å².